The number of benzene rings is 2. The van der Waals surface area contributed by atoms with E-state index in [1.54, 1.807) is 12.1 Å². The van der Waals surface area contributed by atoms with Gasteiger partial charge in [0.1, 0.15) is 0 Å². The van der Waals surface area contributed by atoms with Crippen molar-refractivity contribution in [2.24, 2.45) is 0 Å². The van der Waals surface area contributed by atoms with Crippen LogP contribution < -0.4 is 0 Å². The third-order valence-electron chi connectivity index (χ3n) is 3.23. The fraction of sp³-hybridized carbons (Fsp3) is 0.235. The van der Waals surface area contributed by atoms with E-state index in [0.717, 1.165) is 11.1 Å². The highest BCUT2D eigenvalue weighted by atomic mass is 32.2. The van der Waals surface area contributed by atoms with Crippen molar-refractivity contribution in [3.8, 4) is 0 Å². The molecule has 0 spiro atoms. The van der Waals surface area contributed by atoms with Gasteiger partial charge in [0.2, 0.25) is 0 Å². The number of aryl methyl sites for hydroxylation is 1. The summed E-state index contributed by atoms with van der Waals surface area (Å²) in [5.41, 5.74) is 2.94. The van der Waals surface area contributed by atoms with Crippen LogP contribution in [-0.4, -0.2) is 15.7 Å². The molecule has 1 atom stereocenters. The van der Waals surface area contributed by atoms with Crippen LogP contribution in [0.1, 0.15) is 27.9 Å². The minimum atomic E-state index is -0.996. The van der Waals surface area contributed by atoms with Gasteiger partial charge in [-0.1, -0.05) is 54.6 Å². The molecule has 0 aromatic heterocycles. The van der Waals surface area contributed by atoms with Crippen LogP contribution in [0, 0.1) is 6.92 Å². The fourth-order valence-corrected chi connectivity index (χ4v) is 3.22. The van der Waals surface area contributed by atoms with E-state index in [1.807, 2.05) is 49.4 Å². The number of hydrogen-bond acceptors (Lipinski definition) is 2. The molecule has 0 heterocycles. The summed E-state index contributed by atoms with van der Waals surface area (Å²) in [5, 5.41) is 0. The topological polar surface area (TPSA) is 34.1 Å². The maximum absolute atomic E-state index is 12.1. The molecule has 2 rings (SSSR count). The van der Waals surface area contributed by atoms with Crippen molar-refractivity contribution in [1.82, 2.24) is 0 Å². The summed E-state index contributed by atoms with van der Waals surface area (Å²) < 4.78 is 12.1. The molecule has 0 saturated carbocycles. The standard InChI is InChI=1S/C17H18O2S/c1-14-7-5-6-10-16(14)13-20(19)12-11-17(18)15-8-3-2-4-9-15/h2-10H,11-13H2,1H3. The van der Waals surface area contributed by atoms with E-state index in [2.05, 4.69) is 0 Å². The van der Waals surface area contributed by atoms with Crippen LogP contribution in [0.15, 0.2) is 54.6 Å². The summed E-state index contributed by atoms with van der Waals surface area (Å²) in [6.45, 7) is 2.02. The van der Waals surface area contributed by atoms with Crippen molar-refractivity contribution in [1.29, 1.82) is 0 Å². The number of Topliss-reactive ketones (excluding diaryl/α,β-unsaturated/α-hetero) is 1. The van der Waals surface area contributed by atoms with Gasteiger partial charge in [0.05, 0.1) is 0 Å². The summed E-state index contributed by atoms with van der Waals surface area (Å²) in [6, 6.07) is 17.1. The molecule has 0 aliphatic heterocycles. The molecule has 1 unspecified atom stereocenters. The third kappa shape index (κ3) is 4.14. The summed E-state index contributed by atoms with van der Waals surface area (Å²) in [6.07, 6.45) is 0.336. The molecule has 0 bridgehead atoms. The third-order valence-corrected chi connectivity index (χ3v) is 4.52. The monoisotopic (exact) mass is 286 g/mol. The number of carbonyl (C=O) groups excluding carboxylic acids is 1. The summed E-state index contributed by atoms with van der Waals surface area (Å²) in [7, 11) is -0.996. The SMILES string of the molecule is Cc1ccccc1CS(=O)CCC(=O)c1ccccc1. The predicted molar refractivity (Wildman–Crippen MR) is 83.3 cm³/mol. The number of carbonyl (C=O) groups is 1. The van der Waals surface area contributed by atoms with E-state index < -0.39 is 10.8 Å². The highest BCUT2D eigenvalue weighted by molar-refractivity contribution is 7.84. The molecule has 0 fully saturated rings. The molecule has 0 N–H and O–H groups in total. The average molecular weight is 286 g/mol. The van der Waals surface area contributed by atoms with Crippen molar-refractivity contribution in [3.63, 3.8) is 0 Å². The van der Waals surface area contributed by atoms with Crippen LogP contribution in [0.25, 0.3) is 0 Å². The maximum atomic E-state index is 12.1. The first-order chi connectivity index (χ1) is 9.66. The van der Waals surface area contributed by atoms with E-state index in [1.165, 1.54) is 0 Å². The first kappa shape index (κ1) is 14.7. The lowest BCUT2D eigenvalue weighted by atomic mass is 10.1. The summed E-state index contributed by atoms with van der Waals surface area (Å²) in [5.74, 6) is 1.00. The first-order valence-corrected chi connectivity index (χ1v) is 8.13. The van der Waals surface area contributed by atoms with Crippen LogP contribution in [0.2, 0.25) is 0 Å². The fourth-order valence-electron chi connectivity index (χ4n) is 1.99. The molecule has 0 saturated heterocycles. The second-order valence-electron chi connectivity index (χ2n) is 4.75. The maximum Gasteiger partial charge on any atom is 0.163 e. The van der Waals surface area contributed by atoms with Gasteiger partial charge in [0.25, 0.3) is 0 Å². The molecule has 2 aromatic rings. The Bertz CT molecular complexity index is 605. The van der Waals surface area contributed by atoms with Crippen molar-refractivity contribution < 1.29 is 9.00 Å². The van der Waals surface area contributed by atoms with Gasteiger partial charge in [-0.3, -0.25) is 9.00 Å². The largest absolute Gasteiger partial charge is 0.294 e. The summed E-state index contributed by atoms with van der Waals surface area (Å²) in [4.78, 5) is 11.9. The molecular weight excluding hydrogens is 268 g/mol. The van der Waals surface area contributed by atoms with Crippen LogP contribution in [0.4, 0.5) is 0 Å². The van der Waals surface area contributed by atoms with Crippen molar-refractivity contribution in [2.75, 3.05) is 5.75 Å². The lowest BCUT2D eigenvalue weighted by Gasteiger charge is -2.05. The molecule has 20 heavy (non-hydrogen) atoms. The van der Waals surface area contributed by atoms with Crippen LogP contribution in [0.3, 0.4) is 0 Å². The molecule has 0 amide bonds. The van der Waals surface area contributed by atoms with Gasteiger partial charge in [-0.05, 0) is 18.1 Å². The van der Waals surface area contributed by atoms with E-state index in [9.17, 15) is 9.00 Å². The van der Waals surface area contributed by atoms with Gasteiger partial charge in [-0.2, -0.15) is 0 Å². The second-order valence-corrected chi connectivity index (χ2v) is 6.33. The van der Waals surface area contributed by atoms with Crippen LogP contribution in [0.5, 0.6) is 0 Å². The highest BCUT2D eigenvalue weighted by Crippen LogP contribution is 2.11. The molecule has 3 heteroatoms. The lowest BCUT2D eigenvalue weighted by molar-refractivity contribution is 0.0989. The molecule has 104 valence electrons. The van der Waals surface area contributed by atoms with Gasteiger partial charge < -0.3 is 0 Å². The van der Waals surface area contributed by atoms with Crippen LogP contribution in [-0.2, 0) is 16.6 Å². The van der Waals surface area contributed by atoms with Crippen molar-refractivity contribution >= 4 is 16.6 Å². The van der Waals surface area contributed by atoms with Gasteiger partial charge in [-0.25, -0.2) is 0 Å². The van der Waals surface area contributed by atoms with Gasteiger partial charge in [0.15, 0.2) is 5.78 Å². The Hall–Kier alpha value is -1.74. The predicted octanol–water partition coefficient (Wildman–Crippen LogP) is 3.52. The highest BCUT2D eigenvalue weighted by Gasteiger charge is 2.09. The Morgan fingerprint density at radius 1 is 1.00 bits per heavy atom. The Balaban J connectivity index is 1.87. The number of rotatable bonds is 6. The van der Waals surface area contributed by atoms with E-state index >= 15 is 0 Å². The van der Waals surface area contributed by atoms with Gasteiger partial charge in [0, 0.05) is 34.3 Å². The molecule has 2 nitrogen and oxygen atoms in total. The van der Waals surface area contributed by atoms with Gasteiger partial charge in [-0.15, -0.1) is 0 Å². The smallest absolute Gasteiger partial charge is 0.163 e. The molecule has 2 aromatic carbocycles. The van der Waals surface area contributed by atoms with Gasteiger partial charge >= 0.3 is 0 Å². The zero-order chi connectivity index (χ0) is 14.4. The summed E-state index contributed by atoms with van der Waals surface area (Å²) >= 11 is 0. The number of hydrogen-bond donors (Lipinski definition) is 0. The van der Waals surface area contributed by atoms with E-state index in [0.29, 0.717) is 23.5 Å². The lowest BCUT2D eigenvalue weighted by Crippen LogP contribution is -2.08. The average Bonchev–Trinajstić information content (AvgIpc) is 2.48. The molecule has 0 radical (unpaired) electrons. The Labute approximate surface area is 122 Å². The van der Waals surface area contributed by atoms with Crippen LogP contribution >= 0.6 is 0 Å². The normalized spacial score (nSPS) is 12.1. The zero-order valence-electron chi connectivity index (χ0n) is 11.5. The van der Waals surface area contributed by atoms with E-state index in [-0.39, 0.29) is 5.78 Å². The Kier molecular flexibility index (Phi) is 5.24. The van der Waals surface area contributed by atoms with E-state index in [4.69, 9.17) is 0 Å². The zero-order valence-corrected chi connectivity index (χ0v) is 12.4. The Morgan fingerprint density at radius 3 is 2.35 bits per heavy atom. The molecule has 0 aliphatic carbocycles. The quantitative estimate of drug-likeness (QED) is 0.761. The van der Waals surface area contributed by atoms with Crippen molar-refractivity contribution in [3.05, 3.63) is 71.3 Å². The molecule has 0 aliphatic rings. The number of ketones is 1. The Morgan fingerprint density at radius 2 is 1.65 bits per heavy atom. The minimum absolute atomic E-state index is 0.0590. The molecular formula is C17H18O2S. The second kappa shape index (κ2) is 7.15. The van der Waals surface area contributed by atoms with Crippen molar-refractivity contribution in [2.45, 2.75) is 19.1 Å². The minimum Gasteiger partial charge on any atom is -0.294 e. The first-order valence-electron chi connectivity index (χ1n) is 6.64.